The van der Waals surface area contributed by atoms with E-state index < -0.39 is 5.60 Å². The molecule has 136 valence electrons. The topological polar surface area (TPSA) is 63.9 Å². The summed E-state index contributed by atoms with van der Waals surface area (Å²) in [6.45, 7) is 2.86. The predicted molar refractivity (Wildman–Crippen MR) is 98.6 cm³/mol. The molecule has 1 unspecified atom stereocenters. The van der Waals surface area contributed by atoms with Gasteiger partial charge in [-0.3, -0.25) is 9.20 Å². The highest BCUT2D eigenvalue weighted by molar-refractivity contribution is 5.96. The molecular weight excluding hydrogens is 342 g/mol. The zero-order chi connectivity index (χ0) is 18.6. The molecule has 0 N–H and O–H groups in total. The molecule has 2 aliphatic heterocycles. The first-order valence-electron chi connectivity index (χ1n) is 9.15. The molecule has 0 radical (unpaired) electrons. The van der Waals surface area contributed by atoms with Gasteiger partial charge in [0, 0.05) is 18.3 Å². The summed E-state index contributed by atoms with van der Waals surface area (Å²) in [5.74, 6) is -0.378. The van der Waals surface area contributed by atoms with Crippen molar-refractivity contribution in [3.63, 3.8) is 0 Å². The van der Waals surface area contributed by atoms with Crippen LogP contribution < -0.4 is 0 Å². The Morgan fingerprint density at radius 1 is 1.19 bits per heavy atom. The Kier molecular flexibility index (Phi) is 3.37. The minimum absolute atomic E-state index is 0.0781. The molecule has 6 heteroatoms. The van der Waals surface area contributed by atoms with Crippen molar-refractivity contribution in [2.45, 2.75) is 25.4 Å². The number of fused-ring (bicyclic) bond motifs is 3. The van der Waals surface area contributed by atoms with Crippen LogP contribution in [0.25, 0.3) is 5.65 Å². The highest BCUT2D eigenvalue weighted by Crippen LogP contribution is 2.43. The van der Waals surface area contributed by atoms with Crippen LogP contribution in [0.1, 0.15) is 44.9 Å². The van der Waals surface area contributed by atoms with E-state index in [0.29, 0.717) is 30.0 Å². The zero-order valence-electron chi connectivity index (χ0n) is 15.0. The van der Waals surface area contributed by atoms with E-state index in [4.69, 9.17) is 4.74 Å². The van der Waals surface area contributed by atoms with Crippen molar-refractivity contribution in [2.75, 3.05) is 13.1 Å². The maximum absolute atomic E-state index is 13.4. The molecule has 27 heavy (non-hydrogen) atoms. The van der Waals surface area contributed by atoms with Crippen LogP contribution in [-0.2, 0) is 10.3 Å². The fourth-order valence-corrected chi connectivity index (χ4v) is 4.37. The Bertz CT molecular complexity index is 1090. The van der Waals surface area contributed by atoms with Crippen molar-refractivity contribution in [2.24, 2.45) is 0 Å². The number of nitrogens with zero attached hydrogens (tertiary/aromatic N) is 3. The summed E-state index contributed by atoms with van der Waals surface area (Å²) in [6.07, 6.45) is 3.36. The average molecular weight is 361 g/mol. The third-order valence-corrected chi connectivity index (χ3v) is 5.57. The van der Waals surface area contributed by atoms with Gasteiger partial charge < -0.3 is 9.64 Å². The van der Waals surface area contributed by atoms with E-state index in [0.717, 1.165) is 24.1 Å². The molecule has 2 aliphatic rings. The standard InChI is InChI=1S/C21H19N3O3/c1-14-18(24-12-5-4-9-17(24)22-14)19(25)23-11-6-10-21(13-23)16-8-3-2-7-15(16)20(26)27-21/h2-5,7-9,12H,6,10-11,13H2,1H3. The van der Waals surface area contributed by atoms with Crippen LogP contribution in [0, 0.1) is 6.92 Å². The number of carbonyl (C=O) groups excluding carboxylic acids is 2. The largest absolute Gasteiger partial charge is 0.449 e. The molecule has 0 saturated carbocycles. The number of aryl methyl sites for hydroxylation is 1. The Morgan fingerprint density at radius 3 is 2.89 bits per heavy atom. The number of rotatable bonds is 1. The number of hydrogen-bond acceptors (Lipinski definition) is 4. The first-order valence-corrected chi connectivity index (χ1v) is 9.15. The number of aromatic nitrogens is 2. The molecule has 5 rings (SSSR count). The van der Waals surface area contributed by atoms with E-state index in [-0.39, 0.29) is 11.9 Å². The number of pyridine rings is 1. The molecule has 6 nitrogen and oxygen atoms in total. The Morgan fingerprint density at radius 2 is 2.00 bits per heavy atom. The number of imidazole rings is 1. The highest BCUT2D eigenvalue weighted by atomic mass is 16.6. The van der Waals surface area contributed by atoms with Gasteiger partial charge in [-0.15, -0.1) is 0 Å². The van der Waals surface area contributed by atoms with Crippen LogP contribution in [0.4, 0.5) is 0 Å². The maximum Gasteiger partial charge on any atom is 0.339 e. The normalized spacial score (nSPS) is 21.5. The summed E-state index contributed by atoms with van der Waals surface area (Å²) in [4.78, 5) is 32.0. The van der Waals surface area contributed by atoms with Crippen LogP contribution in [0.5, 0.6) is 0 Å². The smallest absolute Gasteiger partial charge is 0.339 e. The molecular formula is C21H19N3O3. The van der Waals surface area contributed by atoms with Crippen LogP contribution in [0.3, 0.4) is 0 Å². The van der Waals surface area contributed by atoms with Gasteiger partial charge in [-0.25, -0.2) is 9.78 Å². The number of ether oxygens (including phenoxy) is 1. The number of benzene rings is 1. The lowest BCUT2D eigenvalue weighted by molar-refractivity contribution is -0.0443. The molecule has 0 bridgehead atoms. The Labute approximate surface area is 156 Å². The van der Waals surface area contributed by atoms with E-state index in [2.05, 4.69) is 4.98 Å². The molecule has 0 aliphatic carbocycles. The molecule has 2 aromatic heterocycles. The lowest BCUT2D eigenvalue weighted by atomic mass is 9.85. The molecule has 1 spiro atoms. The van der Waals surface area contributed by atoms with Gasteiger partial charge in [-0.1, -0.05) is 24.3 Å². The van der Waals surface area contributed by atoms with Gasteiger partial charge in [0.25, 0.3) is 5.91 Å². The zero-order valence-corrected chi connectivity index (χ0v) is 15.0. The number of piperidine rings is 1. The monoisotopic (exact) mass is 361 g/mol. The predicted octanol–water partition coefficient (Wildman–Crippen LogP) is 2.94. The van der Waals surface area contributed by atoms with Crippen molar-refractivity contribution in [1.82, 2.24) is 14.3 Å². The number of amides is 1. The molecule has 1 saturated heterocycles. The van der Waals surface area contributed by atoms with Crippen molar-refractivity contribution in [1.29, 1.82) is 0 Å². The van der Waals surface area contributed by atoms with Crippen molar-refractivity contribution in [3.05, 3.63) is 71.2 Å². The molecule has 4 heterocycles. The quantitative estimate of drug-likeness (QED) is 0.625. The Balaban J connectivity index is 1.53. The summed E-state index contributed by atoms with van der Waals surface area (Å²) >= 11 is 0. The second-order valence-electron chi connectivity index (χ2n) is 7.23. The molecule has 1 atom stereocenters. The van der Waals surface area contributed by atoms with E-state index in [1.54, 1.807) is 11.0 Å². The third-order valence-electron chi connectivity index (χ3n) is 5.57. The third kappa shape index (κ3) is 2.29. The first kappa shape index (κ1) is 16.1. The summed E-state index contributed by atoms with van der Waals surface area (Å²) in [5, 5.41) is 0. The van der Waals surface area contributed by atoms with Gasteiger partial charge >= 0.3 is 5.97 Å². The lowest BCUT2D eigenvalue weighted by Gasteiger charge is -2.39. The lowest BCUT2D eigenvalue weighted by Crippen LogP contribution is -2.49. The molecule has 1 amide bonds. The van der Waals surface area contributed by atoms with Gasteiger partial charge in [0.1, 0.15) is 11.3 Å². The van der Waals surface area contributed by atoms with Gasteiger partial charge in [-0.05, 0) is 38.0 Å². The number of hydrogen-bond donors (Lipinski definition) is 0. The molecule has 1 fully saturated rings. The summed E-state index contributed by atoms with van der Waals surface area (Å²) in [6, 6.07) is 13.2. The SMILES string of the molecule is Cc1nc2ccccn2c1C(=O)N1CCCC2(C1)OC(=O)c1ccccc12. The second-order valence-corrected chi connectivity index (χ2v) is 7.23. The second kappa shape index (κ2) is 5.67. The maximum atomic E-state index is 13.4. The van der Waals surface area contributed by atoms with E-state index in [1.165, 1.54) is 0 Å². The first-order chi connectivity index (χ1) is 13.1. The Hall–Kier alpha value is -3.15. The van der Waals surface area contributed by atoms with Crippen LogP contribution in [0.2, 0.25) is 0 Å². The minimum Gasteiger partial charge on any atom is -0.449 e. The van der Waals surface area contributed by atoms with E-state index in [9.17, 15) is 9.59 Å². The summed E-state index contributed by atoms with van der Waals surface area (Å²) < 4.78 is 7.65. The molecule has 1 aromatic carbocycles. The highest BCUT2D eigenvalue weighted by Gasteiger charge is 2.49. The van der Waals surface area contributed by atoms with Crippen LogP contribution >= 0.6 is 0 Å². The van der Waals surface area contributed by atoms with Crippen LogP contribution in [0.15, 0.2) is 48.7 Å². The van der Waals surface area contributed by atoms with E-state index in [1.807, 2.05) is 53.9 Å². The fraction of sp³-hybridized carbons (Fsp3) is 0.286. The summed E-state index contributed by atoms with van der Waals surface area (Å²) in [7, 11) is 0. The van der Waals surface area contributed by atoms with Gasteiger partial charge in [0.15, 0.2) is 5.60 Å². The number of esters is 1. The van der Waals surface area contributed by atoms with E-state index >= 15 is 0 Å². The van der Waals surface area contributed by atoms with Crippen LogP contribution in [-0.4, -0.2) is 39.3 Å². The van der Waals surface area contributed by atoms with Crippen molar-refractivity contribution < 1.29 is 14.3 Å². The number of carbonyl (C=O) groups is 2. The fourth-order valence-electron chi connectivity index (χ4n) is 4.37. The van der Waals surface area contributed by atoms with Crippen molar-refractivity contribution >= 4 is 17.5 Å². The molecule has 3 aromatic rings. The van der Waals surface area contributed by atoms with Gasteiger partial charge in [0.2, 0.25) is 0 Å². The van der Waals surface area contributed by atoms with Crippen molar-refractivity contribution in [3.8, 4) is 0 Å². The van der Waals surface area contributed by atoms with Gasteiger partial charge in [-0.2, -0.15) is 0 Å². The number of likely N-dealkylation sites (tertiary alicyclic amines) is 1. The van der Waals surface area contributed by atoms with Gasteiger partial charge in [0.05, 0.1) is 17.8 Å². The summed E-state index contributed by atoms with van der Waals surface area (Å²) in [5.41, 5.74) is 2.79. The average Bonchev–Trinajstić information content (AvgIpc) is 3.15. The minimum atomic E-state index is -0.740.